The zero-order valence-corrected chi connectivity index (χ0v) is 13.8. The second kappa shape index (κ2) is 6.98. The SMILES string of the molecule is Cc1cccc(Oc2cc(C(F)(F)F)nc(-c3ccncc3)n2)c1[N+](=O)[O-]. The lowest BCUT2D eigenvalue weighted by molar-refractivity contribution is -0.386. The molecule has 0 N–H and O–H groups in total. The van der Waals surface area contributed by atoms with Gasteiger partial charge < -0.3 is 4.74 Å². The number of nitro groups is 1. The molecular formula is C17H11F3N4O3. The fourth-order valence-corrected chi connectivity index (χ4v) is 2.31. The third kappa shape index (κ3) is 4.00. The van der Waals surface area contributed by atoms with Gasteiger partial charge in [0.25, 0.3) is 0 Å². The van der Waals surface area contributed by atoms with Gasteiger partial charge in [-0.1, -0.05) is 12.1 Å². The predicted octanol–water partition coefficient (Wildman–Crippen LogP) is 4.57. The van der Waals surface area contributed by atoms with Crippen LogP contribution in [0.1, 0.15) is 11.3 Å². The van der Waals surface area contributed by atoms with Crippen LogP contribution in [-0.4, -0.2) is 19.9 Å². The molecule has 0 saturated carbocycles. The van der Waals surface area contributed by atoms with Gasteiger partial charge in [-0.25, -0.2) is 4.98 Å². The lowest BCUT2D eigenvalue weighted by Crippen LogP contribution is -2.10. The molecule has 0 aliphatic heterocycles. The first-order valence-corrected chi connectivity index (χ1v) is 7.54. The maximum atomic E-state index is 13.2. The number of hydrogen-bond acceptors (Lipinski definition) is 6. The molecule has 138 valence electrons. The molecule has 0 amide bonds. The van der Waals surface area contributed by atoms with Crippen molar-refractivity contribution in [3.8, 4) is 23.0 Å². The average Bonchev–Trinajstić information content (AvgIpc) is 2.61. The van der Waals surface area contributed by atoms with Gasteiger partial charge in [0.15, 0.2) is 11.5 Å². The van der Waals surface area contributed by atoms with E-state index in [1.54, 1.807) is 0 Å². The Balaban J connectivity index is 2.11. The predicted molar refractivity (Wildman–Crippen MR) is 88.2 cm³/mol. The van der Waals surface area contributed by atoms with E-state index in [1.807, 2.05) is 0 Å². The van der Waals surface area contributed by atoms with E-state index in [4.69, 9.17) is 4.74 Å². The molecule has 0 radical (unpaired) electrons. The number of aryl methyl sites for hydroxylation is 1. The van der Waals surface area contributed by atoms with Gasteiger partial charge >= 0.3 is 11.9 Å². The molecule has 0 aliphatic carbocycles. The second-order valence-corrected chi connectivity index (χ2v) is 5.43. The number of alkyl halides is 3. The zero-order valence-electron chi connectivity index (χ0n) is 13.8. The van der Waals surface area contributed by atoms with E-state index in [9.17, 15) is 23.3 Å². The third-order valence-corrected chi connectivity index (χ3v) is 3.53. The lowest BCUT2D eigenvalue weighted by atomic mass is 10.2. The van der Waals surface area contributed by atoms with Gasteiger partial charge in [0.05, 0.1) is 4.92 Å². The maximum absolute atomic E-state index is 13.2. The fraction of sp³-hybridized carbons (Fsp3) is 0.118. The van der Waals surface area contributed by atoms with Crippen LogP contribution in [0.5, 0.6) is 11.6 Å². The van der Waals surface area contributed by atoms with E-state index in [0.29, 0.717) is 17.2 Å². The number of para-hydroxylation sites is 1. The van der Waals surface area contributed by atoms with Crippen LogP contribution in [0.15, 0.2) is 48.8 Å². The Kier molecular flexibility index (Phi) is 4.72. The Hall–Kier alpha value is -3.56. The molecule has 0 saturated heterocycles. The standard InChI is InChI=1S/C17H11F3N4O3/c1-10-3-2-4-12(15(10)24(25)26)27-14-9-13(17(18,19)20)22-16(23-14)11-5-7-21-8-6-11/h2-9H,1H3. The molecule has 2 heterocycles. The topological polar surface area (TPSA) is 91.0 Å². The van der Waals surface area contributed by atoms with Crippen LogP contribution in [-0.2, 0) is 6.18 Å². The highest BCUT2D eigenvalue weighted by molar-refractivity contribution is 5.56. The summed E-state index contributed by atoms with van der Waals surface area (Å²) in [7, 11) is 0. The number of nitrogens with zero attached hydrogens (tertiary/aromatic N) is 4. The van der Waals surface area contributed by atoms with Crippen LogP contribution in [0, 0.1) is 17.0 Å². The smallest absolute Gasteiger partial charge is 0.432 e. The number of rotatable bonds is 4. The highest BCUT2D eigenvalue weighted by Crippen LogP contribution is 2.36. The molecular weight excluding hydrogens is 365 g/mol. The molecule has 0 unspecified atom stereocenters. The number of halogens is 3. The number of aromatic nitrogens is 3. The Labute approximate surface area is 150 Å². The van der Waals surface area contributed by atoms with Crippen LogP contribution in [0.4, 0.5) is 18.9 Å². The Morgan fingerprint density at radius 1 is 1.11 bits per heavy atom. The third-order valence-electron chi connectivity index (χ3n) is 3.53. The zero-order chi connectivity index (χ0) is 19.6. The Morgan fingerprint density at radius 2 is 1.81 bits per heavy atom. The summed E-state index contributed by atoms with van der Waals surface area (Å²) in [5.74, 6) is -0.914. The summed E-state index contributed by atoms with van der Waals surface area (Å²) in [4.78, 5) is 21.8. The van der Waals surface area contributed by atoms with Crippen LogP contribution in [0.3, 0.4) is 0 Å². The summed E-state index contributed by atoms with van der Waals surface area (Å²) in [6.45, 7) is 1.49. The van der Waals surface area contributed by atoms with E-state index in [1.165, 1.54) is 49.6 Å². The fourth-order valence-electron chi connectivity index (χ4n) is 2.31. The molecule has 10 heteroatoms. The molecule has 0 atom stereocenters. The monoisotopic (exact) mass is 376 g/mol. The van der Waals surface area contributed by atoms with Crippen molar-refractivity contribution in [1.29, 1.82) is 0 Å². The molecule has 0 fully saturated rings. The summed E-state index contributed by atoms with van der Waals surface area (Å²) in [5, 5.41) is 11.3. The van der Waals surface area contributed by atoms with E-state index in [2.05, 4.69) is 15.0 Å². The maximum Gasteiger partial charge on any atom is 0.433 e. The normalized spacial score (nSPS) is 11.3. The Bertz CT molecular complexity index is 994. The van der Waals surface area contributed by atoms with Crippen LogP contribution < -0.4 is 4.74 Å². The van der Waals surface area contributed by atoms with E-state index < -0.39 is 22.7 Å². The van der Waals surface area contributed by atoms with Crippen LogP contribution in [0.2, 0.25) is 0 Å². The summed E-state index contributed by atoms with van der Waals surface area (Å²) >= 11 is 0. The summed E-state index contributed by atoms with van der Waals surface area (Å²) in [6.07, 6.45) is -1.99. The van der Waals surface area contributed by atoms with E-state index in [0.717, 1.165) is 0 Å². The van der Waals surface area contributed by atoms with E-state index in [-0.39, 0.29) is 17.3 Å². The average molecular weight is 376 g/mol. The summed E-state index contributed by atoms with van der Waals surface area (Å²) in [6, 6.07) is 7.74. The van der Waals surface area contributed by atoms with Gasteiger partial charge in [-0.05, 0) is 25.1 Å². The molecule has 1 aromatic carbocycles. The number of nitro benzene ring substituents is 1. The van der Waals surface area contributed by atoms with Gasteiger partial charge in [-0.15, -0.1) is 0 Å². The number of ether oxygens (including phenoxy) is 1. The molecule has 27 heavy (non-hydrogen) atoms. The largest absolute Gasteiger partial charge is 0.433 e. The van der Waals surface area contributed by atoms with Crippen molar-refractivity contribution in [2.75, 3.05) is 0 Å². The van der Waals surface area contributed by atoms with Crippen LogP contribution >= 0.6 is 0 Å². The van der Waals surface area contributed by atoms with Crippen LogP contribution in [0.25, 0.3) is 11.4 Å². The molecule has 0 bridgehead atoms. The number of hydrogen-bond donors (Lipinski definition) is 0. The minimum Gasteiger partial charge on any atom is -0.432 e. The van der Waals surface area contributed by atoms with Crippen molar-refractivity contribution in [2.24, 2.45) is 0 Å². The van der Waals surface area contributed by atoms with Gasteiger partial charge in [0.2, 0.25) is 11.6 Å². The highest BCUT2D eigenvalue weighted by atomic mass is 19.4. The molecule has 7 nitrogen and oxygen atoms in total. The molecule has 3 rings (SSSR count). The van der Waals surface area contributed by atoms with Crippen molar-refractivity contribution in [3.05, 3.63) is 70.2 Å². The van der Waals surface area contributed by atoms with Crippen molar-refractivity contribution < 1.29 is 22.8 Å². The lowest BCUT2D eigenvalue weighted by Gasteiger charge is -2.12. The number of pyridine rings is 1. The van der Waals surface area contributed by atoms with Gasteiger partial charge in [-0.3, -0.25) is 15.1 Å². The molecule has 0 spiro atoms. The number of benzene rings is 1. The molecule has 3 aromatic rings. The summed E-state index contributed by atoms with van der Waals surface area (Å²) in [5.41, 5.74) is -0.985. The van der Waals surface area contributed by atoms with Crippen molar-refractivity contribution in [1.82, 2.24) is 15.0 Å². The van der Waals surface area contributed by atoms with Crippen molar-refractivity contribution in [2.45, 2.75) is 13.1 Å². The minimum atomic E-state index is -4.75. The quantitative estimate of drug-likeness (QED) is 0.489. The van der Waals surface area contributed by atoms with Crippen molar-refractivity contribution in [3.63, 3.8) is 0 Å². The first-order chi connectivity index (χ1) is 12.8. The minimum absolute atomic E-state index is 0.215. The summed E-state index contributed by atoms with van der Waals surface area (Å²) < 4.78 is 45.0. The van der Waals surface area contributed by atoms with Crippen molar-refractivity contribution >= 4 is 5.69 Å². The second-order valence-electron chi connectivity index (χ2n) is 5.43. The molecule has 2 aromatic heterocycles. The first-order valence-electron chi connectivity index (χ1n) is 7.54. The highest BCUT2D eigenvalue weighted by Gasteiger charge is 2.34. The molecule has 0 aliphatic rings. The first kappa shape index (κ1) is 18.2. The van der Waals surface area contributed by atoms with Gasteiger partial charge in [0.1, 0.15) is 0 Å². The van der Waals surface area contributed by atoms with E-state index >= 15 is 0 Å². The van der Waals surface area contributed by atoms with Gasteiger partial charge in [0, 0.05) is 29.6 Å². The van der Waals surface area contributed by atoms with Gasteiger partial charge in [-0.2, -0.15) is 18.2 Å². The Morgan fingerprint density at radius 3 is 2.44 bits per heavy atom.